The van der Waals surface area contributed by atoms with Crippen LogP contribution in [0.15, 0.2) is 12.3 Å². The van der Waals surface area contributed by atoms with Crippen molar-refractivity contribution in [3.8, 4) is 0 Å². The summed E-state index contributed by atoms with van der Waals surface area (Å²) in [6.07, 6.45) is 7.27. The monoisotopic (exact) mass is 348 g/mol. The smallest absolute Gasteiger partial charge is 0.241 e. The van der Waals surface area contributed by atoms with E-state index in [0.29, 0.717) is 31.1 Å². The van der Waals surface area contributed by atoms with E-state index in [1.54, 1.807) is 10.6 Å². The first-order valence-electron chi connectivity index (χ1n) is 9.14. The summed E-state index contributed by atoms with van der Waals surface area (Å²) in [5, 5.41) is 17.8. The molecule has 3 heterocycles. The third kappa shape index (κ3) is 3.11. The van der Waals surface area contributed by atoms with Crippen LogP contribution in [0.5, 0.6) is 0 Å². The highest BCUT2D eigenvalue weighted by Crippen LogP contribution is 2.40. The van der Waals surface area contributed by atoms with Crippen molar-refractivity contribution in [2.45, 2.75) is 63.0 Å². The van der Waals surface area contributed by atoms with Crippen molar-refractivity contribution in [1.29, 1.82) is 0 Å². The fourth-order valence-corrected chi connectivity index (χ4v) is 4.09. The number of hydrogen-bond donors (Lipinski definition) is 2. The molecular formula is C18H25FN4O2. The number of fused-ring (bicyclic) bond motifs is 1. The van der Waals surface area contributed by atoms with Gasteiger partial charge in [-0.25, -0.2) is 13.9 Å². The summed E-state index contributed by atoms with van der Waals surface area (Å²) in [6.45, 7) is 3.10. The van der Waals surface area contributed by atoms with Crippen molar-refractivity contribution in [2.75, 3.05) is 18.5 Å². The number of ether oxygens (including phenoxy) is 1. The largest absolute Gasteiger partial charge is 0.389 e. The molecule has 1 saturated heterocycles. The molecule has 0 spiro atoms. The van der Waals surface area contributed by atoms with E-state index in [1.807, 2.05) is 0 Å². The van der Waals surface area contributed by atoms with Gasteiger partial charge in [0.05, 0.1) is 30.6 Å². The van der Waals surface area contributed by atoms with Crippen LogP contribution in [0, 0.1) is 5.82 Å². The van der Waals surface area contributed by atoms with Crippen molar-refractivity contribution in [1.82, 2.24) is 14.6 Å². The Labute approximate surface area is 146 Å². The third-order valence-electron chi connectivity index (χ3n) is 5.68. The van der Waals surface area contributed by atoms with E-state index < -0.39 is 6.10 Å². The second-order valence-electron chi connectivity index (χ2n) is 7.56. The summed E-state index contributed by atoms with van der Waals surface area (Å²) in [6, 6.07) is 1.46. The van der Waals surface area contributed by atoms with Gasteiger partial charge in [-0.15, -0.1) is 5.10 Å². The zero-order chi connectivity index (χ0) is 17.4. The van der Waals surface area contributed by atoms with Crippen molar-refractivity contribution >= 4 is 11.5 Å². The molecule has 6 nitrogen and oxygen atoms in total. The first-order chi connectivity index (χ1) is 12.1. The normalized spacial score (nSPS) is 26.7. The number of nitrogens with zero attached hydrogens (tertiary/aromatic N) is 3. The lowest BCUT2D eigenvalue weighted by Gasteiger charge is -2.33. The van der Waals surface area contributed by atoms with Crippen LogP contribution in [0.1, 0.15) is 51.1 Å². The fraction of sp³-hybridized carbons (Fsp3) is 0.667. The van der Waals surface area contributed by atoms with E-state index in [4.69, 9.17) is 4.74 Å². The lowest BCUT2D eigenvalue weighted by Crippen LogP contribution is -2.42. The lowest BCUT2D eigenvalue weighted by molar-refractivity contribution is -0.0136. The Morgan fingerprint density at radius 1 is 1.36 bits per heavy atom. The Hall–Kier alpha value is -1.73. The summed E-state index contributed by atoms with van der Waals surface area (Å²) in [5.74, 6) is 0.133. The molecule has 2 aromatic rings. The maximum absolute atomic E-state index is 14.4. The number of aromatic nitrogens is 3. The van der Waals surface area contributed by atoms with Crippen LogP contribution in [0.2, 0.25) is 0 Å². The van der Waals surface area contributed by atoms with Gasteiger partial charge in [0, 0.05) is 12.0 Å². The van der Waals surface area contributed by atoms with Gasteiger partial charge in [0.2, 0.25) is 5.95 Å². The second kappa shape index (κ2) is 6.53. The van der Waals surface area contributed by atoms with Crippen LogP contribution in [0.25, 0.3) is 5.52 Å². The molecule has 0 radical (unpaired) electrons. The molecule has 1 aliphatic carbocycles. The van der Waals surface area contributed by atoms with Gasteiger partial charge in [-0.05, 0) is 25.3 Å². The number of anilines is 1. The van der Waals surface area contributed by atoms with Gasteiger partial charge >= 0.3 is 0 Å². The van der Waals surface area contributed by atoms with E-state index in [9.17, 15) is 9.50 Å². The molecule has 2 atom stereocenters. The van der Waals surface area contributed by atoms with E-state index in [0.717, 1.165) is 31.4 Å². The molecule has 2 N–H and O–H groups in total. The average Bonchev–Trinajstić information content (AvgIpc) is 2.95. The first kappa shape index (κ1) is 16.7. The van der Waals surface area contributed by atoms with E-state index in [-0.39, 0.29) is 17.3 Å². The van der Waals surface area contributed by atoms with Gasteiger partial charge < -0.3 is 15.2 Å². The predicted molar refractivity (Wildman–Crippen MR) is 92.2 cm³/mol. The van der Waals surface area contributed by atoms with Crippen molar-refractivity contribution in [2.24, 2.45) is 0 Å². The average molecular weight is 348 g/mol. The Morgan fingerprint density at radius 3 is 2.92 bits per heavy atom. The van der Waals surface area contributed by atoms with Crippen LogP contribution in [0.4, 0.5) is 10.3 Å². The highest BCUT2D eigenvalue weighted by molar-refractivity contribution is 5.51. The molecule has 0 amide bonds. The lowest BCUT2D eigenvalue weighted by atomic mass is 9.73. The molecule has 0 bridgehead atoms. The van der Waals surface area contributed by atoms with Gasteiger partial charge in [0.15, 0.2) is 5.82 Å². The van der Waals surface area contributed by atoms with E-state index >= 15 is 0 Å². The number of nitrogens with one attached hydrogen (secondary N) is 1. The standard InChI is InChI=1S/C18H25FN4O2/c1-18(6-3-2-4-7-18)16-9-12(19)14-10-20-17(22-23(14)16)21-13-5-8-25-11-15(13)24/h9-10,13,15,24H,2-8,11H2,1H3,(H,21,22)/t13-,15-/m1/s1. The minimum atomic E-state index is -0.593. The summed E-state index contributed by atoms with van der Waals surface area (Å²) in [7, 11) is 0. The molecule has 25 heavy (non-hydrogen) atoms. The molecule has 136 valence electrons. The number of aliphatic hydroxyl groups is 1. The minimum Gasteiger partial charge on any atom is -0.389 e. The molecule has 0 aromatic carbocycles. The SMILES string of the molecule is CC1(c2cc(F)c3cnc(N[C@@H]4CCOC[C@H]4O)nn23)CCCCC1. The zero-order valence-corrected chi connectivity index (χ0v) is 14.5. The second-order valence-corrected chi connectivity index (χ2v) is 7.56. The Kier molecular flexibility index (Phi) is 4.37. The third-order valence-corrected chi connectivity index (χ3v) is 5.68. The topological polar surface area (TPSA) is 71.7 Å². The Bertz CT molecular complexity index is 757. The minimum absolute atomic E-state index is 0.0602. The molecule has 1 saturated carbocycles. The van der Waals surface area contributed by atoms with Crippen LogP contribution >= 0.6 is 0 Å². The predicted octanol–water partition coefficient (Wildman–Crippen LogP) is 2.65. The van der Waals surface area contributed by atoms with Gasteiger partial charge in [-0.1, -0.05) is 26.2 Å². The molecule has 7 heteroatoms. The zero-order valence-electron chi connectivity index (χ0n) is 14.5. The summed E-state index contributed by atoms with van der Waals surface area (Å²) in [5.41, 5.74) is 1.26. The molecule has 2 fully saturated rings. The van der Waals surface area contributed by atoms with E-state index in [1.165, 1.54) is 12.6 Å². The molecule has 2 aliphatic rings. The van der Waals surface area contributed by atoms with Gasteiger partial charge in [0.1, 0.15) is 5.52 Å². The van der Waals surface area contributed by atoms with Crippen LogP contribution in [-0.2, 0) is 10.2 Å². The Balaban J connectivity index is 1.68. The molecule has 1 aliphatic heterocycles. The summed E-state index contributed by atoms with van der Waals surface area (Å²) < 4.78 is 21.4. The number of rotatable bonds is 3. The van der Waals surface area contributed by atoms with Crippen molar-refractivity contribution in [3.05, 3.63) is 23.8 Å². The van der Waals surface area contributed by atoms with Crippen LogP contribution in [-0.4, -0.2) is 45.1 Å². The van der Waals surface area contributed by atoms with Gasteiger partial charge in [-0.2, -0.15) is 0 Å². The quantitative estimate of drug-likeness (QED) is 0.892. The first-order valence-corrected chi connectivity index (χ1v) is 9.14. The van der Waals surface area contributed by atoms with Crippen molar-refractivity contribution in [3.63, 3.8) is 0 Å². The summed E-state index contributed by atoms with van der Waals surface area (Å²) in [4.78, 5) is 4.24. The van der Waals surface area contributed by atoms with Gasteiger partial charge in [-0.3, -0.25) is 0 Å². The summed E-state index contributed by atoms with van der Waals surface area (Å²) >= 11 is 0. The van der Waals surface area contributed by atoms with Crippen molar-refractivity contribution < 1.29 is 14.2 Å². The van der Waals surface area contributed by atoms with Gasteiger partial charge in [0.25, 0.3) is 0 Å². The number of halogens is 1. The fourth-order valence-electron chi connectivity index (χ4n) is 4.09. The Morgan fingerprint density at radius 2 is 2.16 bits per heavy atom. The number of aliphatic hydroxyl groups excluding tert-OH is 1. The van der Waals surface area contributed by atoms with Crippen LogP contribution in [0.3, 0.4) is 0 Å². The maximum Gasteiger partial charge on any atom is 0.241 e. The highest BCUT2D eigenvalue weighted by atomic mass is 19.1. The molecule has 4 rings (SSSR count). The molecule has 2 aromatic heterocycles. The van der Waals surface area contributed by atoms with Crippen LogP contribution < -0.4 is 5.32 Å². The number of hydrogen-bond acceptors (Lipinski definition) is 5. The molecular weight excluding hydrogens is 323 g/mol. The van der Waals surface area contributed by atoms with E-state index in [2.05, 4.69) is 22.3 Å². The molecule has 0 unspecified atom stereocenters. The maximum atomic E-state index is 14.4. The highest BCUT2D eigenvalue weighted by Gasteiger charge is 2.33.